The Morgan fingerprint density at radius 1 is 1.22 bits per heavy atom. The van der Waals surface area contributed by atoms with Crippen molar-refractivity contribution in [3.05, 3.63) is 59.5 Å². The van der Waals surface area contributed by atoms with Crippen LogP contribution in [0.1, 0.15) is 37.7 Å². The first-order valence-electron chi connectivity index (χ1n) is 9.49. The molecule has 0 amide bonds. The van der Waals surface area contributed by atoms with E-state index in [0.717, 1.165) is 16.9 Å². The Bertz CT molecular complexity index is 793. The molecule has 1 saturated carbocycles. The van der Waals surface area contributed by atoms with Crippen LogP contribution in [0.3, 0.4) is 0 Å². The summed E-state index contributed by atoms with van der Waals surface area (Å²) < 4.78 is 20.1. The van der Waals surface area contributed by atoms with E-state index < -0.39 is 0 Å². The normalized spacial score (nSPS) is 20.0. The first kappa shape index (κ1) is 18.2. The number of ether oxygens (including phenoxy) is 1. The number of halogens is 1. The highest BCUT2D eigenvalue weighted by atomic mass is 32.2. The van der Waals surface area contributed by atoms with E-state index >= 15 is 0 Å². The first-order chi connectivity index (χ1) is 13.3. The minimum absolute atomic E-state index is 0.0476. The summed E-state index contributed by atoms with van der Waals surface area (Å²) in [7, 11) is 0. The lowest BCUT2D eigenvalue weighted by molar-refractivity contribution is 0.202. The van der Waals surface area contributed by atoms with Crippen LogP contribution in [0, 0.1) is 11.7 Å². The molecule has 0 bridgehead atoms. The van der Waals surface area contributed by atoms with Crippen LogP contribution >= 0.6 is 11.8 Å². The number of rotatable bonds is 6. The molecule has 1 aromatic carbocycles. The summed E-state index contributed by atoms with van der Waals surface area (Å²) in [5.41, 5.74) is 2.72. The number of hydrogen-bond acceptors (Lipinski definition) is 5. The molecule has 1 aromatic heterocycles. The molecule has 2 N–H and O–H groups in total. The van der Waals surface area contributed by atoms with Gasteiger partial charge >= 0.3 is 0 Å². The van der Waals surface area contributed by atoms with E-state index in [0.29, 0.717) is 18.3 Å². The van der Waals surface area contributed by atoms with Crippen LogP contribution in [-0.4, -0.2) is 17.1 Å². The third kappa shape index (κ3) is 4.75. The largest absolute Gasteiger partial charge is 0.490 e. The third-order valence-electron chi connectivity index (χ3n) is 5.01. The van der Waals surface area contributed by atoms with E-state index in [1.54, 1.807) is 24.0 Å². The molecule has 4 nitrogen and oxygen atoms in total. The average molecular weight is 386 g/mol. The molecule has 1 fully saturated rings. The van der Waals surface area contributed by atoms with Crippen molar-refractivity contribution in [2.45, 2.75) is 37.6 Å². The Labute approximate surface area is 163 Å². The number of nitrogens with zero attached hydrogens (tertiary/aromatic N) is 1. The Morgan fingerprint density at radius 3 is 2.89 bits per heavy atom. The standard InChI is InChI=1S/C21H24FN3OS/c22-18-11-17(8-9-20(18)26-13-15-5-2-1-3-6-15)24-21-25-19(14-27-21)16-7-4-10-23-12-16/h4,7-12,14-15,21,24-25H,1-3,5-6,13H2. The summed E-state index contributed by atoms with van der Waals surface area (Å²) in [6.45, 7) is 0.613. The van der Waals surface area contributed by atoms with Gasteiger partial charge in [0.25, 0.3) is 0 Å². The number of pyridine rings is 1. The van der Waals surface area contributed by atoms with E-state index in [-0.39, 0.29) is 11.3 Å². The van der Waals surface area contributed by atoms with E-state index in [4.69, 9.17) is 4.74 Å². The monoisotopic (exact) mass is 385 g/mol. The van der Waals surface area contributed by atoms with Crippen molar-refractivity contribution in [1.29, 1.82) is 0 Å². The molecular formula is C21H24FN3OS. The number of hydrogen-bond donors (Lipinski definition) is 2. The molecule has 4 rings (SSSR count). The lowest BCUT2D eigenvalue weighted by Gasteiger charge is -2.22. The van der Waals surface area contributed by atoms with Crippen molar-refractivity contribution < 1.29 is 9.13 Å². The Hall–Kier alpha value is -2.21. The van der Waals surface area contributed by atoms with Crippen LogP contribution in [0.5, 0.6) is 5.75 Å². The zero-order valence-corrected chi connectivity index (χ0v) is 16.0. The minimum Gasteiger partial charge on any atom is -0.490 e. The molecule has 6 heteroatoms. The SMILES string of the molecule is Fc1cc(NC2NC(c3cccnc3)=CS2)ccc1OCC1CCCCC1. The lowest BCUT2D eigenvalue weighted by atomic mass is 9.90. The summed E-state index contributed by atoms with van der Waals surface area (Å²) in [6.07, 6.45) is 9.80. The Morgan fingerprint density at radius 2 is 2.11 bits per heavy atom. The molecule has 1 aliphatic carbocycles. The summed E-state index contributed by atoms with van der Waals surface area (Å²) in [4.78, 5) is 4.14. The first-order valence-corrected chi connectivity index (χ1v) is 10.4. The van der Waals surface area contributed by atoms with Gasteiger partial charge in [-0.2, -0.15) is 0 Å². The Balaban J connectivity index is 1.30. The van der Waals surface area contributed by atoms with E-state index in [2.05, 4.69) is 15.6 Å². The Kier molecular flexibility index (Phi) is 5.82. The van der Waals surface area contributed by atoms with Crippen molar-refractivity contribution in [3.8, 4) is 5.75 Å². The van der Waals surface area contributed by atoms with Gasteiger partial charge in [-0.3, -0.25) is 4.98 Å². The molecule has 1 atom stereocenters. The van der Waals surface area contributed by atoms with Crippen LogP contribution in [0.25, 0.3) is 5.70 Å². The molecule has 2 aliphatic rings. The average Bonchev–Trinajstić information content (AvgIpc) is 3.17. The van der Waals surface area contributed by atoms with Gasteiger partial charge in [0, 0.05) is 29.7 Å². The van der Waals surface area contributed by atoms with Gasteiger partial charge in [0.1, 0.15) is 5.50 Å². The van der Waals surface area contributed by atoms with Gasteiger partial charge in [-0.1, -0.05) is 31.0 Å². The molecule has 1 aliphatic heterocycles. The molecule has 2 aromatic rings. The molecular weight excluding hydrogens is 361 g/mol. The fourth-order valence-corrected chi connectivity index (χ4v) is 4.38. The summed E-state index contributed by atoms with van der Waals surface area (Å²) in [6, 6.07) is 9.00. The fraction of sp³-hybridized carbons (Fsp3) is 0.381. The van der Waals surface area contributed by atoms with Crippen molar-refractivity contribution in [1.82, 2.24) is 10.3 Å². The summed E-state index contributed by atoms with van der Waals surface area (Å²) in [5.74, 6) is 0.582. The molecule has 142 valence electrons. The maximum absolute atomic E-state index is 14.4. The van der Waals surface area contributed by atoms with E-state index in [1.807, 2.05) is 29.8 Å². The summed E-state index contributed by atoms with van der Waals surface area (Å²) >= 11 is 1.61. The van der Waals surface area contributed by atoms with Crippen LogP contribution in [0.2, 0.25) is 0 Å². The van der Waals surface area contributed by atoms with Gasteiger partial charge in [0.2, 0.25) is 0 Å². The van der Waals surface area contributed by atoms with Gasteiger partial charge in [-0.05, 0) is 48.4 Å². The van der Waals surface area contributed by atoms with Crippen LogP contribution in [0.4, 0.5) is 10.1 Å². The molecule has 2 heterocycles. The predicted molar refractivity (Wildman–Crippen MR) is 109 cm³/mol. The number of nitrogens with one attached hydrogen (secondary N) is 2. The zero-order valence-electron chi connectivity index (χ0n) is 15.2. The maximum atomic E-state index is 14.4. The molecule has 0 saturated heterocycles. The highest BCUT2D eigenvalue weighted by Crippen LogP contribution is 2.30. The lowest BCUT2D eigenvalue weighted by Crippen LogP contribution is -2.28. The van der Waals surface area contributed by atoms with Crippen LogP contribution in [0.15, 0.2) is 48.1 Å². The van der Waals surface area contributed by atoms with Crippen LogP contribution < -0.4 is 15.4 Å². The van der Waals surface area contributed by atoms with Gasteiger partial charge in [-0.15, -0.1) is 0 Å². The quantitative estimate of drug-likeness (QED) is 0.715. The topological polar surface area (TPSA) is 46.2 Å². The second kappa shape index (κ2) is 8.65. The number of anilines is 1. The van der Waals surface area contributed by atoms with Crippen molar-refractivity contribution in [3.63, 3.8) is 0 Å². The van der Waals surface area contributed by atoms with Gasteiger partial charge in [0.05, 0.1) is 12.3 Å². The summed E-state index contributed by atoms with van der Waals surface area (Å²) in [5, 5.41) is 8.72. The predicted octanol–water partition coefficient (Wildman–Crippen LogP) is 5.21. The fourth-order valence-electron chi connectivity index (χ4n) is 3.51. The van der Waals surface area contributed by atoms with Crippen molar-refractivity contribution in [2.24, 2.45) is 5.92 Å². The highest BCUT2D eigenvalue weighted by Gasteiger charge is 2.19. The minimum atomic E-state index is -0.320. The molecule has 1 unspecified atom stereocenters. The second-order valence-electron chi connectivity index (χ2n) is 7.04. The van der Waals surface area contributed by atoms with Gasteiger partial charge in [0.15, 0.2) is 11.6 Å². The molecule has 0 spiro atoms. The number of benzene rings is 1. The highest BCUT2D eigenvalue weighted by molar-refractivity contribution is 8.03. The van der Waals surface area contributed by atoms with Crippen LogP contribution in [-0.2, 0) is 0 Å². The molecule has 27 heavy (non-hydrogen) atoms. The molecule has 0 radical (unpaired) electrons. The number of aromatic nitrogens is 1. The van der Waals surface area contributed by atoms with Crippen molar-refractivity contribution in [2.75, 3.05) is 11.9 Å². The van der Waals surface area contributed by atoms with E-state index in [1.165, 1.54) is 38.2 Å². The zero-order chi connectivity index (χ0) is 18.5. The van der Waals surface area contributed by atoms with Gasteiger partial charge in [-0.25, -0.2) is 4.39 Å². The smallest absolute Gasteiger partial charge is 0.167 e. The van der Waals surface area contributed by atoms with Crippen molar-refractivity contribution >= 4 is 23.1 Å². The third-order valence-corrected chi connectivity index (χ3v) is 5.89. The van der Waals surface area contributed by atoms with Gasteiger partial charge < -0.3 is 15.4 Å². The van der Waals surface area contributed by atoms with E-state index in [9.17, 15) is 4.39 Å². The maximum Gasteiger partial charge on any atom is 0.167 e. The second-order valence-corrected chi connectivity index (χ2v) is 8.02. The number of thioether (sulfide) groups is 1.